The van der Waals surface area contributed by atoms with Gasteiger partial charge in [0.05, 0.1) is 12.0 Å². The SMILES string of the molecule is CCOc1cccccc1=NC(C)C. The van der Waals surface area contributed by atoms with Crippen molar-refractivity contribution in [2.75, 3.05) is 6.61 Å². The lowest BCUT2D eigenvalue weighted by molar-refractivity contribution is 0.336. The second-order valence-corrected chi connectivity index (χ2v) is 3.32. The fraction of sp³-hybridized carbons (Fsp3) is 0.417. The number of nitrogens with zero attached hydrogens (tertiary/aromatic N) is 1. The molecule has 0 aliphatic carbocycles. The molecule has 76 valence electrons. The molecule has 0 spiro atoms. The fourth-order valence-electron chi connectivity index (χ4n) is 1.18. The van der Waals surface area contributed by atoms with E-state index in [0.29, 0.717) is 6.61 Å². The summed E-state index contributed by atoms with van der Waals surface area (Å²) in [5, 5.41) is 0.923. The second kappa shape index (κ2) is 5.43. The van der Waals surface area contributed by atoms with Crippen molar-refractivity contribution in [2.24, 2.45) is 4.99 Å². The molecule has 0 heterocycles. The first-order valence-corrected chi connectivity index (χ1v) is 5.00. The molecule has 1 aromatic carbocycles. The van der Waals surface area contributed by atoms with Gasteiger partial charge in [0.2, 0.25) is 0 Å². The Kier molecular flexibility index (Phi) is 4.17. The normalized spacial score (nSPS) is 11.9. The van der Waals surface area contributed by atoms with Crippen LogP contribution in [0.1, 0.15) is 20.8 Å². The molecule has 0 aliphatic rings. The van der Waals surface area contributed by atoms with Gasteiger partial charge >= 0.3 is 0 Å². The molecule has 0 bridgehead atoms. The van der Waals surface area contributed by atoms with Gasteiger partial charge in [-0.3, -0.25) is 4.99 Å². The highest BCUT2D eigenvalue weighted by Crippen LogP contribution is 2.01. The monoisotopic (exact) mass is 191 g/mol. The van der Waals surface area contributed by atoms with Gasteiger partial charge in [0, 0.05) is 6.04 Å². The number of rotatable bonds is 3. The Morgan fingerprint density at radius 1 is 1.21 bits per heavy atom. The Bertz CT molecular complexity index is 344. The molecule has 14 heavy (non-hydrogen) atoms. The van der Waals surface area contributed by atoms with Crippen LogP contribution in [0.3, 0.4) is 0 Å². The van der Waals surface area contributed by atoms with Crippen LogP contribution in [0.2, 0.25) is 0 Å². The summed E-state index contributed by atoms with van der Waals surface area (Å²) in [7, 11) is 0. The molecule has 0 aliphatic heterocycles. The number of hydrogen-bond donors (Lipinski definition) is 0. The van der Waals surface area contributed by atoms with Crippen LogP contribution in [-0.2, 0) is 0 Å². The van der Waals surface area contributed by atoms with Gasteiger partial charge in [0.15, 0.2) is 0 Å². The molecule has 0 amide bonds. The van der Waals surface area contributed by atoms with Crippen LogP contribution in [0.5, 0.6) is 5.75 Å². The van der Waals surface area contributed by atoms with Crippen LogP contribution in [0.25, 0.3) is 0 Å². The highest BCUT2D eigenvalue weighted by atomic mass is 16.5. The molecular weight excluding hydrogens is 174 g/mol. The zero-order valence-corrected chi connectivity index (χ0v) is 9.03. The van der Waals surface area contributed by atoms with Gasteiger partial charge in [-0.1, -0.05) is 18.2 Å². The summed E-state index contributed by atoms with van der Waals surface area (Å²) in [6.45, 7) is 6.77. The summed E-state index contributed by atoms with van der Waals surface area (Å²) in [5.41, 5.74) is 0. The van der Waals surface area contributed by atoms with Gasteiger partial charge in [-0.25, -0.2) is 0 Å². The molecule has 0 radical (unpaired) electrons. The minimum Gasteiger partial charge on any atom is -0.492 e. The summed E-state index contributed by atoms with van der Waals surface area (Å²) in [6, 6.07) is 10.1. The molecule has 0 saturated carbocycles. The standard InChI is InChI=1S/C12H17NO/c1-4-14-12-9-7-5-6-8-11(12)13-10(2)3/h5-10H,4H2,1-3H3. The maximum absolute atomic E-state index is 5.50. The zero-order valence-electron chi connectivity index (χ0n) is 9.03. The van der Waals surface area contributed by atoms with Crippen molar-refractivity contribution >= 4 is 0 Å². The first-order chi connectivity index (χ1) is 6.74. The zero-order chi connectivity index (χ0) is 10.4. The van der Waals surface area contributed by atoms with Gasteiger partial charge in [-0.05, 0) is 32.9 Å². The van der Waals surface area contributed by atoms with E-state index >= 15 is 0 Å². The third-order valence-electron chi connectivity index (χ3n) is 1.67. The summed E-state index contributed by atoms with van der Waals surface area (Å²) in [5.74, 6) is 0.853. The Hall–Kier alpha value is -1.31. The van der Waals surface area contributed by atoms with E-state index in [-0.39, 0.29) is 6.04 Å². The van der Waals surface area contributed by atoms with E-state index in [1.807, 2.05) is 37.3 Å². The van der Waals surface area contributed by atoms with Gasteiger partial charge in [0.25, 0.3) is 0 Å². The van der Waals surface area contributed by atoms with E-state index in [1.54, 1.807) is 0 Å². The maximum atomic E-state index is 5.50. The van der Waals surface area contributed by atoms with E-state index in [9.17, 15) is 0 Å². The average Bonchev–Trinajstić information content (AvgIpc) is 2.32. The van der Waals surface area contributed by atoms with Crippen LogP contribution >= 0.6 is 0 Å². The quantitative estimate of drug-likeness (QED) is 0.719. The van der Waals surface area contributed by atoms with Crippen molar-refractivity contribution in [1.29, 1.82) is 0 Å². The van der Waals surface area contributed by atoms with Crippen molar-refractivity contribution in [2.45, 2.75) is 26.8 Å². The molecule has 0 atom stereocenters. The Balaban J connectivity index is 3.20. The highest BCUT2D eigenvalue weighted by molar-refractivity contribution is 5.19. The smallest absolute Gasteiger partial charge is 0.144 e. The van der Waals surface area contributed by atoms with Gasteiger partial charge < -0.3 is 4.74 Å². The molecule has 0 unspecified atom stereocenters. The predicted octanol–water partition coefficient (Wildman–Crippen LogP) is 2.39. The topological polar surface area (TPSA) is 21.6 Å². The van der Waals surface area contributed by atoms with E-state index in [0.717, 1.165) is 11.1 Å². The molecular formula is C12H17NO. The summed E-state index contributed by atoms with van der Waals surface area (Å²) >= 11 is 0. The summed E-state index contributed by atoms with van der Waals surface area (Å²) < 4.78 is 5.50. The van der Waals surface area contributed by atoms with Crippen LogP contribution in [0, 0.1) is 0 Å². The molecule has 2 heteroatoms. The van der Waals surface area contributed by atoms with Gasteiger partial charge in [0.1, 0.15) is 5.75 Å². The molecule has 0 aromatic heterocycles. The average molecular weight is 191 g/mol. The maximum Gasteiger partial charge on any atom is 0.144 e. The Morgan fingerprint density at radius 3 is 2.57 bits per heavy atom. The summed E-state index contributed by atoms with van der Waals surface area (Å²) in [6.07, 6.45) is 0. The van der Waals surface area contributed by atoms with E-state index in [2.05, 4.69) is 18.8 Å². The first-order valence-electron chi connectivity index (χ1n) is 5.00. The minimum atomic E-state index is 0.289. The lowest BCUT2D eigenvalue weighted by Crippen LogP contribution is -2.09. The van der Waals surface area contributed by atoms with Gasteiger partial charge in [-0.15, -0.1) is 0 Å². The summed E-state index contributed by atoms with van der Waals surface area (Å²) in [4.78, 5) is 4.49. The second-order valence-electron chi connectivity index (χ2n) is 3.32. The van der Waals surface area contributed by atoms with E-state index in [4.69, 9.17) is 4.74 Å². The predicted molar refractivity (Wildman–Crippen MR) is 58.3 cm³/mol. The minimum absolute atomic E-state index is 0.289. The van der Waals surface area contributed by atoms with Crippen molar-refractivity contribution in [3.05, 3.63) is 35.7 Å². The third kappa shape index (κ3) is 3.21. The van der Waals surface area contributed by atoms with E-state index < -0.39 is 0 Å². The number of hydrogen-bond acceptors (Lipinski definition) is 2. The lowest BCUT2D eigenvalue weighted by atomic mass is 10.4. The largest absolute Gasteiger partial charge is 0.492 e. The van der Waals surface area contributed by atoms with Crippen molar-refractivity contribution in [3.8, 4) is 5.75 Å². The van der Waals surface area contributed by atoms with Crippen molar-refractivity contribution < 1.29 is 4.74 Å². The molecule has 0 saturated heterocycles. The van der Waals surface area contributed by atoms with Crippen LogP contribution in [0.4, 0.5) is 0 Å². The molecule has 1 rings (SSSR count). The molecule has 2 nitrogen and oxygen atoms in total. The fourth-order valence-corrected chi connectivity index (χ4v) is 1.18. The van der Waals surface area contributed by atoms with Crippen molar-refractivity contribution in [3.63, 3.8) is 0 Å². The third-order valence-corrected chi connectivity index (χ3v) is 1.67. The number of ether oxygens (including phenoxy) is 1. The van der Waals surface area contributed by atoms with Crippen LogP contribution in [0.15, 0.2) is 35.3 Å². The highest BCUT2D eigenvalue weighted by Gasteiger charge is 1.94. The van der Waals surface area contributed by atoms with Crippen molar-refractivity contribution in [1.82, 2.24) is 0 Å². The molecule has 0 fully saturated rings. The molecule has 0 N–H and O–H groups in total. The lowest BCUT2D eigenvalue weighted by Gasteiger charge is -2.01. The molecule has 1 aromatic rings. The van der Waals surface area contributed by atoms with Crippen LogP contribution < -0.4 is 10.1 Å². The Morgan fingerprint density at radius 2 is 1.93 bits per heavy atom. The Labute approximate surface area is 85.3 Å². The van der Waals surface area contributed by atoms with Gasteiger partial charge in [-0.2, -0.15) is 0 Å². The first kappa shape index (κ1) is 10.8. The van der Waals surface area contributed by atoms with E-state index in [1.165, 1.54) is 0 Å². The van der Waals surface area contributed by atoms with Crippen LogP contribution in [-0.4, -0.2) is 12.6 Å².